The third kappa shape index (κ3) is 0.835. The van der Waals surface area contributed by atoms with E-state index in [1.54, 1.807) is 20.9 Å². The van der Waals surface area contributed by atoms with Crippen molar-refractivity contribution in [3.05, 3.63) is 11.5 Å². The first-order valence-electron chi connectivity index (χ1n) is 3.13. The quantitative estimate of drug-likeness (QED) is 0.625. The lowest BCUT2D eigenvalue weighted by Gasteiger charge is -1.94. The molecule has 2 N–H and O–H groups in total. The summed E-state index contributed by atoms with van der Waals surface area (Å²) >= 11 is 0. The molecule has 0 spiro atoms. The molecule has 0 unspecified atom stereocenters. The van der Waals surface area contributed by atoms with Gasteiger partial charge in [0.05, 0.1) is 0 Å². The lowest BCUT2D eigenvalue weighted by molar-refractivity contribution is 0.438. The molecule has 1 heterocycles. The highest BCUT2D eigenvalue weighted by molar-refractivity contribution is 5.59. The molecular formula is C7H11NO2. The fraction of sp³-hybridized carbons (Fsp3) is 0.429. The van der Waals surface area contributed by atoms with Gasteiger partial charge in [0.15, 0.2) is 5.75 Å². The van der Waals surface area contributed by atoms with E-state index in [0.717, 1.165) is 5.76 Å². The average molecular weight is 141 g/mol. The summed E-state index contributed by atoms with van der Waals surface area (Å²) in [5.41, 5.74) is 0.678. The van der Waals surface area contributed by atoms with Crippen molar-refractivity contribution in [3.63, 3.8) is 0 Å². The number of anilines is 1. The molecular weight excluding hydrogens is 130 g/mol. The molecule has 0 fully saturated rings. The molecule has 1 aromatic heterocycles. The van der Waals surface area contributed by atoms with Crippen LogP contribution in [0.2, 0.25) is 0 Å². The van der Waals surface area contributed by atoms with E-state index < -0.39 is 0 Å². The SMILES string of the molecule is CNc1c(C)oc(C)c1O. The van der Waals surface area contributed by atoms with Crippen LogP contribution in [-0.2, 0) is 0 Å². The van der Waals surface area contributed by atoms with Crippen LogP contribution < -0.4 is 5.32 Å². The highest BCUT2D eigenvalue weighted by Crippen LogP contribution is 2.32. The Morgan fingerprint density at radius 1 is 1.30 bits per heavy atom. The summed E-state index contributed by atoms with van der Waals surface area (Å²) in [5.74, 6) is 1.49. The lowest BCUT2D eigenvalue weighted by Crippen LogP contribution is -1.86. The van der Waals surface area contributed by atoms with Crippen LogP contribution in [0.3, 0.4) is 0 Å². The van der Waals surface area contributed by atoms with Gasteiger partial charge in [-0.1, -0.05) is 0 Å². The second-order valence-electron chi connectivity index (χ2n) is 2.19. The van der Waals surface area contributed by atoms with Crippen molar-refractivity contribution in [1.29, 1.82) is 0 Å². The number of aromatic hydroxyl groups is 1. The normalized spacial score (nSPS) is 9.90. The molecule has 0 radical (unpaired) electrons. The van der Waals surface area contributed by atoms with Gasteiger partial charge in [0.25, 0.3) is 0 Å². The minimum Gasteiger partial charge on any atom is -0.503 e. The predicted molar refractivity (Wildman–Crippen MR) is 39.4 cm³/mol. The van der Waals surface area contributed by atoms with Crippen molar-refractivity contribution in [2.75, 3.05) is 12.4 Å². The zero-order chi connectivity index (χ0) is 7.72. The fourth-order valence-electron chi connectivity index (χ4n) is 0.966. The Morgan fingerprint density at radius 3 is 2.10 bits per heavy atom. The van der Waals surface area contributed by atoms with E-state index in [4.69, 9.17) is 4.42 Å². The van der Waals surface area contributed by atoms with E-state index in [9.17, 15) is 5.11 Å². The Kier molecular flexibility index (Phi) is 1.57. The van der Waals surface area contributed by atoms with Crippen molar-refractivity contribution in [3.8, 4) is 5.75 Å². The largest absolute Gasteiger partial charge is 0.503 e. The van der Waals surface area contributed by atoms with Crippen LogP contribution in [0.4, 0.5) is 5.69 Å². The average Bonchev–Trinajstić information content (AvgIpc) is 2.09. The summed E-state index contributed by atoms with van der Waals surface area (Å²) < 4.78 is 5.12. The second-order valence-corrected chi connectivity index (χ2v) is 2.19. The molecule has 0 aliphatic heterocycles. The molecule has 0 amide bonds. The third-order valence-electron chi connectivity index (χ3n) is 1.48. The van der Waals surface area contributed by atoms with Crippen LogP contribution in [0.15, 0.2) is 4.42 Å². The molecule has 0 bridgehead atoms. The minimum atomic E-state index is 0.208. The number of furan rings is 1. The number of nitrogens with one attached hydrogen (secondary N) is 1. The van der Waals surface area contributed by atoms with Gasteiger partial charge in [-0.2, -0.15) is 0 Å². The predicted octanol–water partition coefficient (Wildman–Crippen LogP) is 1.64. The zero-order valence-corrected chi connectivity index (χ0v) is 6.36. The summed E-state index contributed by atoms with van der Waals surface area (Å²) in [6.07, 6.45) is 0. The van der Waals surface area contributed by atoms with Gasteiger partial charge in [-0.3, -0.25) is 0 Å². The van der Waals surface area contributed by atoms with E-state index >= 15 is 0 Å². The molecule has 0 saturated heterocycles. The zero-order valence-electron chi connectivity index (χ0n) is 6.36. The Bertz CT molecular complexity index is 240. The van der Waals surface area contributed by atoms with Crippen LogP contribution in [0.1, 0.15) is 11.5 Å². The molecule has 1 rings (SSSR count). The number of rotatable bonds is 1. The minimum absolute atomic E-state index is 0.208. The van der Waals surface area contributed by atoms with Gasteiger partial charge >= 0.3 is 0 Å². The summed E-state index contributed by atoms with van der Waals surface area (Å²) in [7, 11) is 1.75. The number of hydrogen-bond acceptors (Lipinski definition) is 3. The Labute approximate surface area is 59.7 Å². The van der Waals surface area contributed by atoms with Gasteiger partial charge in [0.2, 0.25) is 0 Å². The first kappa shape index (κ1) is 6.99. The van der Waals surface area contributed by atoms with Crippen LogP contribution in [-0.4, -0.2) is 12.2 Å². The highest BCUT2D eigenvalue weighted by atomic mass is 16.4. The standard InChI is InChI=1S/C7H11NO2/c1-4-6(8-3)7(9)5(2)10-4/h8-9H,1-3H3. The Balaban J connectivity index is 3.20. The van der Waals surface area contributed by atoms with Crippen LogP contribution in [0.25, 0.3) is 0 Å². The van der Waals surface area contributed by atoms with Crippen molar-refractivity contribution in [2.45, 2.75) is 13.8 Å². The molecule has 0 atom stereocenters. The van der Waals surface area contributed by atoms with Gasteiger partial charge < -0.3 is 14.8 Å². The number of aryl methyl sites for hydroxylation is 2. The van der Waals surface area contributed by atoms with E-state index in [2.05, 4.69) is 5.32 Å². The fourth-order valence-corrected chi connectivity index (χ4v) is 0.966. The van der Waals surface area contributed by atoms with Crippen LogP contribution in [0, 0.1) is 13.8 Å². The summed E-state index contributed by atoms with van der Waals surface area (Å²) in [6.45, 7) is 3.53. The van der Waals surface area contributed by atoms with Gasteiger partial charge in [0, 0.05) is 7.05 Å². The monoisotopic (exact) mass is 141 g/mol. The van der Waals surface area contributed by atoms with E-state index in [0.29, 0.717) is 11.4 Å². The first-order valence-corrected chi connectivity index (χ1v) is 3.13. The lowest BCUT2D eigenvalue weighted by atomic mass is 10.3. The van der Waals surface area contributed by atoms with Gasteiger partial charge in [0.1, 0.15) is 17.2 Å². The van der Waals surface area contributed by atoms with Gasteiger partial charge in [-0.05, 0) is 13.8 Å². The van der Waals surface area contributed by atoms with Gasteiger partial charge in [-0.15, -0.1) is 0 Å². The van der Waals surface area contributed by atoms with E-state index in [-0.39, 0.29) is 5.75 Å². The van der Waals surface area contributed by atoms with Crippen molar-refractivity contribution < 1.29 is 9.52 Å². The first-order chi connectivity index (χ1) is 4.66. The molecule has 3 heteroatoms. The van der Waals surface area contributed by atoms with Crippen LogP contribution in [0.5, 0.6) is 5.75 Å². The molecule has 0 aliphatic rings. The molecule has 0 aliphatic carbocycles. The number of hydrogen-bond donors (Lipinski definition) is 2. The molecule has 10 heavy (non-hydrogen) atoms. The highest BCUT2D eigenvalue weighted by Gasteiger charge is 2.10. The maximum atomic E-state index is 9.26. The summed E-state index contributed by atoms with van der Waals surface area (Å²) in [6, 6.07) is 0. The maximum absolute atomic E-state index is 9.26. The Hall–Kier alpha value is -1.12. The third-order valence-corrected chi connectivity index (χ3v) is 1.48. The van der Waals surface area contributed by atoms with E-state index in [1.807, 2.05) is 0 Å². The Morgan fingerprint density at radius 2 is 1.90 bits per heavy atom. The molecule has 1 aromatic rings. The molecule has 56 valence electrons. The molecule has 0 aromatic carbocycles. The molecule has 0 saturated carbocycles. The maximum Gasteiger partial charge on any atom is 0.180 e. The van der Waals surface area contributed by atoms with Crippen molar-refractivity contribution >= 4 is 5.69 Å². The van der Waals surface area contributed by atoms with Crippen molar-refractivity contribution in [2.24, 2.45) is 0 Å². The smallest absolute Gasteiger partial charge is 0.180 e. The van der Waals surface area contributed by atoms with Crippen molar-refractivity contribution in [1.82, 2.24) is 0 Å². The topological polar surface area (TPSA) is 45.4 Å². The molecule has 3 nitrogen and oxygen atoms in total. The van der Waals surface area contributed by atoms with E-state index in [1.165, 1.54) is 0 Å². The van der Waals surface area contributed by atoms with Gasteiger partial charge in [-0.25, -0.2) is 0 Å². The summed E-state index contributed by atoms with van der Waals surface area (Å²) in [4.78, 5) is 0. The second kappa shape index (κ2) is 2.25. The van der Waals surface area contributed by atoms with Crippen LogP contribution >= 0.6 is 0 Å². The summed E-state index contributed by atoms with van der Waals surface area (Å²) in [5, 5.41) is 12.1.